The summed E-state index contributed by atoms with van der Waals surface area (Å²) in [4.78, 5) is 117. The maximum atomic E-state index is 11.7. The summed E-state index contributed by atoms with van der Waals surface area (Å²) < 4.78 is 17.6. The number of aryl methyl sites for hydroxylation is 10. The molecule has 546 valence electrons. The van der Waals surface area contributed by atoms with Crippen LogP contribution in [0.3, 0.4) is 0 Å². The maximum absolute atomic E-state index is 11.7. The Labute approximate surface area is 602 Å². The number of ether oxygens (including phenoxy) is 2. The molecule has 0 atom stereocenters. The Hall–Kier alpha value is -12.9. The van der Waals surface area contributed by atoms with E-state index in [1.54, 1.807) is 73.6 Å². The van der Waals surface area contributed by atoms with E-state index in [2.05, 4.69) is 90.4 Å². The molecule has 0 radical (unpaired) electrons. The van der Waals surface area contributed by atoms with Gasteiger partial charge in [0.25, 0.3) is 0 Å². The molecule has 42 heteroatoms. The number of hydrogen-bond acceptors (Lipinski definition) is 31. The minimum Gasteiger partial charge on any atom is -0.477 e. The van der Waals surface area contributed by atoms with Gasteiger partial charge in [0.2, 0.25) is 29.1 Å². The molecule has 0 saturated carbocycles. The first-order chi connectivity index (χ1) is 50.1. The molecule has 12 heterocycles. The normalized spacial score (nSPS) is 10.5. The molecule has 12 aromatic rings. The molecule has 0 bridgehead atoms. The van der Waals surface area contributed by atoms with Crippen LogP contribution < -0.4 is 9.47 Å². The number of aliphatic hydroxyl groups excluding tert-OH is 5. The van der Waals surface area contributed by atoms with Crippen LogP contribution in [-0.2, 0) is 42.3 Å². The van der Waals surface area contributed by atoms with Crippen LogP contribution in [0.1, 0.15) is 86.0 Å². The van der Waals surface area contributed by atoms with E-state index < -0.39 is 68.7 Å². The molecular formula is C63H64Cl2N24O16. The van der Waals surface area contributed by atoms with Crippen LogP contribution in [0.15, 0.2) is 98.9 Å². The molecule has 0 unspecified atom stereocenters. The van der Waals surface area contributed by atoms with Crippen molar-refractivity contribution in [3.8, 4) is 79.6 Å². The fourth-order valence-electron chi connectivity index (χ4n) is 9.32. The number of nitrogens with zero attached hydrogens (tertiary/aromatic N) is 24. The van der Waals surface area contributed by atoms with Gasteiger partial charge < -0.3 is 50.3 Å². The second-order valence-electron chi connectivity index (χ2n) is 21.1. The van der Waals surface area contributed by atoms with E-state index in [0.29, 0.717) is 95.2 Å². The molecule has 12 rings (SSSR count). The Balaban J connectivity index is 0.000000176. The van der Waals surface area contributed by atoms with Gasteiger partial charge in [0.05, 0.1) is 128 Å². The van der Waals surface area contributed by atoms with E-state index in [9.17, 15) is 28.8 Å². The highest BCUT2D eigenvalue weighted by Gasteiger charge is 2.25. The van der Waals surface area contributed by atoms with Crippen molar-refractivity contribution in [2.75, 3.05) is 33.4 Å². The number of carbonyl (C=O) groups excluding carboxylic acids is 3. The first kappa shape index (κ1) is 79.5. The average Bonchev–Trinajstić information content (AvgIpc) is 1.70. The number of aliphatic hydroxyl groups is 5. The van der Waals surface area contributed by atoms with Gasteiger partial charge in [-0.05, 0) is 39.8 Å². The highest BCUT2D eigenvalue weighted by molar-refractivity contribution is 6.33. The van der Waals surface area contributed by atoms with Crippen LogP contribution in [0.2, 0.25) is 10.0 Å². The van der Waals surface area contributed by atoms with Crippen molar-refractivity contribution in [1.82, 2.24) is 118 Å². The third kappa shape index (κ3) is 19.8. The van der Waals surface area contributed by atoms with E-state index in [-0.39, 0.29) is 40.2 Å². The molecule has 0 amide bonds. The second kappa shape index (κ2) is 36.7. The first-order valence-corrected chi connectivity index (χ1v) is 30.8. The van der Waals surface area contributed by atoms with Crippen molar-refractivity contribution >= 4 is 58.5 Å². The monoisotopic (exact) mass is 1480 g/mol. The van der Waals surface area contributed by atoms with Gasteiger partial charge in [-0.1, -0.05) is 23.2 Å². The molecule has 0 aliphatic carbocycles. The van der Waals surface area contributed by atoms with Gasteiger partial charge in [-0.25, -0.2) is 64.2 Å². The number of carboxylic acids is 3. The van der Waals surface area contributed by atoms with Gasteiger partial charge in [-0.3, -0.25) is 52.4 Å². The first-order valence-electron chi connectivity index (χ1n) is 30.0. The van der Waals surface area contributed by atoms with Crippen LogP contribution in [0.4, 0.5) is 0 Å². The van der Waals surface area contributed by atoms with Gasteiger partial charge in [0.15, 0.2) is 42.3 Å². The van der Waals surface area contributed by atoms with Crippen molar-refractivity contribution < 1.29 is 79.1 Å². The number of carboxylic acid groups (broad SMARTS) is 3. The maximum Gasteiger partial charge on any atom is 0.354 e. The highest BCUT2D eigenvalue weighted by atomic mass is 35.5. The fraction of sp³-hybridized carbons (Fsp3) is 0.238. The number of Topliss-reactive ketones (excluding diaryl/α,β-unsaturated/α-hetero) is 3. The zero-order valence-corrected chi connectivity index (χ0v) is 58.6. The van der Waals surface area contributed by atoms with Crippen LogP contribution in [0, 0.1) is 27.7 Å². The van der Waals surface area contributed by atoms with E-state index in [1.165, 1.54) is 110 Å². The quantitative estimate of drug-likeness (QED) is 0.0426. The molecule has 0 saturated heterocycles. The Morgan fingerprint density at radius 3 is 1.02 bits per heavy atom. The SMILES string of the molecule is Cc1ccnc(-c2cnn(C)c2C(=O)CO)n1.Cc1ccnc(-c2cnn(C)c2C(=O)O)n1.Cc1ncc(Cl)c(-c2cnn(C)c2C(=O)CO)n1.Cc1ncc(Cl)c(-c2cnn(C)c2C(=O)O)n1.Cn1ncc(-c2cncc(OCO)n2)c1C(=O)CO.Cn1ncc(-c2cncc(OCO)n2)c1C(=O)O. The molecule has 8 N–H and O–H groups in total. The predicted octanol–water partition coefficient (Wildman–Crippen LogP) is 3.08. The molecule has 40 nitrogen and oxygen atoms in total. The number of carbonyl (C=O) groups is 6. The average molecular weight is 1480 g/mol. The molecule has 12 aromatic heterocycles. The van der Waals surface area contributed by atoms with Gasteiger partial charge in [0.1, 0.15) is 48.6 Å². The molecule has 105 heavy (non-hydrogen) atoms. The zero-order valence-electron chi connectivity index (χ0n) is 57.1. The predicted molar refractivity (Wildman–Crippen MR) is 365 cm³/mol. The Morgan fingerprint density at radius 1 is 0.371 bits per heavy atom. The lowest BCUT2D eigenvalue weighted by atomic mass is 10.1. The number of aromatic nitrogens is 24. The van der Waals surface area contributed by atoms with Crippen molar-refractivity contribution in [2.45, 2.75) is 27.7 Å². The molecule has 0 spiro atoms. The number of rotatable bonds is 19. The van der Waals surface area contributed by atoms with E-state index in [1.807, 2.05) is 13.8 Å². The van der Waals surface area contributed by atoms with Crippen molar-refractivity contribution in [3.63, 3.8) is 0 Å². The molecule has 0 aliphatic rings. The van der Waals surface area contributed by atoms with Crippen LogP contribution in [0.5, 0.6) is 11.8 Å². The van der Waals surface area contributed by atoms with Crippen molar-refractivity contribution in [2.24, 2.45) is 42.3 Å². The minimum atomic E-state index is -1.11. The zero-order chi connectivity index (χ0) is 76.9. The summed E-state index contributed by atoms with van der Waals surface area (Å²) in [7, 11) is 9.50. The third-order valence-electron chi connectivity index (χ3n) is 14.0. The van der Waals surface area contributed by atoms with E-state index in [4.69, 9.17) is 73.5 Å². The summed E-state index contributed by atoms with van der Waals surface area (Å²) in [6, 6.07) is 3.52. The smallest absolute Gasteiger partial charge is 0.354 e. The lowest BCUT2D eigenvalue weighted by molar-refractivity contribution is 0.0674. The molecule has 0 aliphatic heterocycles. The molecular weight excluding hydrogens is 1420 g/mol. The molecule has 0 fully saturated rings. The number of hydrogen-bond donors (Lipinski definition) is 8. The summed E-state index contributed by atoms with van der Waals surface area (Å²) in [5.74, 6) is -2.41. The number of halogens is 2. The third-order valence-corrected chi connectivity index (χ3v) is 14.5. The Kier molecular flexibility index (Phi) is 27.7. The summed E-state index contributed by atoms with van der Waals surface area (Å²) in [5.41, 5.74) is 6.68. The summed E-state index contributed by atoms with van der Waals surface area (Å²) in [6.45, 7) is 4.28. The minimum absolute atomic E-state index is 0.00504. The van der Waals surface area contributed by atoms with Crippen molar-refractivity contribution in [3.05, 3.63) is 166 Å². The number of aromatic carboxylic acids is 3. The lowest BCUT2D eigenvalue weighted by Gasteiger charge is -2.05. The standard InChI is InChI=1S/C11H11ClN4O2.C11H12N4O4.C11H12N4O2.C10H9ClN4O2.C10H10N4O4.C10H10N4O2/c1-6-13-4-8(12)10(15-6)7-3-14-16(2)11(7)9(18)5-17;1-15-11(9(18)5-16)7(2-13-15)8-3-12-4-10(14-8)19-6-17;1-7-3-4-12-11(14-7)8-5-13-15(2)10(8)9(17)6-16;1-5-12-4-7(11)8(14-5)6-3-13-15(2)9(6)10(16)17;1-14-9(10(16)17)6(2-12-14)7-3-11-4-8(13-7)18-5-15;1-6-3-4-11-9(13-6)7-5-12-14(2)8(7)10(15)16/h3-4,17H,5H2,1-2H3;2-4,16-17H,5-6H2,1H3;3-5,16H,6H2,1-2H3;3-4H,1-2H3,(H,16,17);2-4,15H,5H2,1H3,(H,16,17);3-5H,1-2H3,(H,15,16). The topological polar surface area (TPSA) is 544 Å². The van der Waals surface area contributed by atoms with Gasteiger partial charge in [0, 0.05) is 78.5 Å². The van der Waals surface area contributed by atoms with Gasteiger partial charge >= 0.3 is 17.9 Å². The van der Waals surface area contributed by atoms with Crippen LogP contribution in [0.25, 0.3) is 67.8 Å². The summed E-state index contributed by atoms with van der Waals surface area (Å²) in [5, 5.41) is 95.7. The van der Waals surface area contributed by atoms with Crippen LogP contribution in [-0.4, -0.2) is 228 Å². The van der Waals surface area contributed by atoms with E-state index >= 15 is 0 Å². The Bertz CT molecular complexity index is 5110. The highest BCUT2D eigenvalue weighted by Crippen LogP contribution is 2.31. The van der Waals surface area contributed by atoms with Gasteiger partial charge in [-0.2, -0.15) is 30.6 Å². The summed E-state index contributed by atoms with van der Waals surface area (Å²) >= 11 is 12.0. The lowest BCUT2D eigenvalue weighted by Crippen LogP contribution is -2.12. The van der Waals surface area contributed by atoms with E-state index in [0.717, 1.165) is 11.4 Å². The Morgan fingerprint density at radius 2 is 0.667 bits per heavy atom. The van der Waals surface area contributed by atoms with Gasteiger partial charge in [-0.15, -0.1) is 0 Å². The number of ketones is 3. The van der Waals surface area contributed by atoms with Crippen LogP contribution >= 0.6 is 23.2 Å². The second-order valence-corrected chi connectivity index (χ2v) is 22.0. The molecule has 0 aromatic carbocycles. The fourth-order valence-corrected chi connectivity index (χ4v) is 9.71. The largest absolute Gasteiger partial charge is 0.477 e. The van der Waals surface area contributed by atoms with Crippen molar-refractivity contribution in [1.29, 1.82) is 0 Å². The summed E-state index contributed by atoms with van der Waals surface area (Å²) in [6.07, 6.45) is 20.4.